The van der Waals surface area contributed by atoms with Crippen LogP contribution < -0.4 is 0 Å². The summed E-state index contributed by atoms with van der Waals surface area (Å²) in [5.41, 5.74) is 2.76. The number of hydrogen-bond acceptors (Lipinski definition) is 7. The van der Waals surface area contributed by atoms with Crippen molar-refractivity contribution in [2.45, 2.75) is 235 Å². The standard InChI is InChI=1S/C40H76O7Si2/c1-15-33-32(41)18-19-34-35(44-33)20-21-40(14)38(45-34)24-36-39(46-40)37(47-49(28(8)9,29(10)11)30(12)13)23-31(43-36)17-16-22-42-48(25(2)3,26(4)5)27(6)7/h15,25-39,41H,1,16-24H2,2-14H3/t31-,32+,33-,34-,35+,36-,37+,38+,39-,40-/m1/s1. The van der Waals surface area contributed by atoms with Gasteiger partial charge in [0.1, 0.15) is 12.2 Å². The van der Waals surface area contributed by atoms with Crippen molar-refractivity contribution in [2.24, 2.45) is 0 Å². The Kier molecular flexibility index (Phi) is 14.4. The minimum atomic E-state index is -2.19. The van der Waals surface area contributed by atoms with Crippen LogP contribution in [0.2, 0.25) is 33.2 Å². The third-order valence-electron chi connectivity index (χ3n) is 13.3. The predicted molar refractivity (Wildman–Crippen MR) is 205 cm³/mol. The summed E-state index contributed by atoms with van der Waals surface area (Å²) in [6.45, 7) is 35.4. The van der Waals surface area contributed by atoms with Gasteiger partial charge < -0.3 is 32.9 Å². The van der Waals surface area contributed by atoms with Crippen molar-refractivity contribution in [3.63, 3.8) is 0 Å². The minimum Gasteiger partial charge on any atom is -0.416 e. The summed E-state index contributed by atoms with van der Waals surface area (Å²) < 4.78 is 42.3. The first-order valence-corrected chi connectivity index (χ1v) is 24.5. The molecule has 4 fully saturated rings. The zero-order valence-electron chi connectivity index (χ0n) is 33.7. The third kappa shape index (κ3) is 8.51. The molecule has 4 aliphatic heterocycles. The topological polar surface area (TPSA) is 75.6 Å². The van der Waals surface area contributed by atoms with Crippen LogP contribution in [0.1, 0.15) is 141 Å². The molecule has 1 N–H and O–H groups in total. The van der Waals surface area contributed by atoms with E-state index < -0.39 is 28.3 Å². The fourth-order valence-corrected chi connectivity index (χ4v) is 22.0. The molecule has 286 valence electrons. The van der Waals surface area contributed by atoms with Crippen molar-refractivity contribution < 1.29 is 32.9 Å². The van der Waals surface area contributed by atoms with E-state index in [-0.39, 0.29) is 48.8 Å². The molecule has 10 atom stereocenters. The quantitative estimate of drug-likeness (QED) is 0.109. The lowest BCUT2D eigenvalue weighted by Gasteiger charge is -2.55. The molecule has 4 aliphatic rings. The summed E-state index contributed by atoms with van der Waals surface area (Å²) in [5, 5.41) is 10.7. The maximum Gasteiger partial charge on any atom is 0.200 e. The zero-order chi connectivity index (χ0) is 36.5. The lowest BCUT2D eigenvalue weighted by molar-refractivity contribution is -0.290. The molecule has 0 spiro atoms. The van der Waals surface area contributed by atoms with E-state index in [0.717, 1.165) is 51.6 Å². The second-order valence-corrected chi connectivity index (χ2v) is 29.0. The van der Waals surface area contributed by atoms with Crippen LogP contribution in [0.5, 0.6) is 0 Å². The first-order valence-electron chi connectivity index (χ1n) is 20.2. The van der Waals surface area contributed by atoms with Crippen LogP contribution in [0, 0.1) is 0 Å². The van der Waals surface area contributed by atoms with Gasteiger partial charge in [0.2, 0.25) is 8.32 Å². The lowest BCUT2D eigenvalue weighted by atomic mass is 9.81. The molecule has 4 rings (SSSR count). The number of aliphatic hydroxyl groups excluding tert-OH is 1. The Morgan fingerprint density at radius 3 is 1.88 bits per heavy atom. The van der Waals surface area contributed by atoms with E-state index in [4.69, 9.17) is 27.8 Å². The summed E-state index contributed by atoms with van der Waals surface area (Å²) in [6.07, 6.45) is 7.10. The van der Waals surface area contributed by atoms with Crippen LogP contribution in [0.25, 0.3) is 0 Å². The fourth-order valence-electron chi connectivity index (χ4n) is 11.0. The normalized spacial score (nSPS) is 36.2. The van der Waals surface area contributed by atoms with Gasteiger partial charge in [0, 0.05) is 19.4 Å². The van der Waals surface area contributed by atoms with Crippen LogP contribution in [-0.2, 0) is 27.8 Å². The summed E-state index contributed by atoms with van der Waals surface area (Å²) in [4.78, 5) is 0. The molecular formula is C40H76O7Si2. The van der Waals surface area contributed by atoms with Crippen molar-refractivity contribution in [3.8, 4) is 0 Å². The summed E-state index contributed by atoms with van der Waals surface area (Å²) in [7, 11) is -4.10. The molecule has 0 amide bonds. The molecule has 0 unspecified atom stereocenters. The number of rotatable bonds is 14. The molecule has 0 saturated carbocycles. The first kappa shape index (κ1) is 41.6. The Morgan fingerprint density at radius 1 is 0.755 bits per heavy atom. The third-order valence-corrected chi connectivity index (χ3v) is 25.5. The van der Waals surface area contributed by atoms with Gasteiger partial charge >= 0.3 is 0 Å². The molecule has 7 nitrogen and oxygen atoms in total. The van der Waals surface area contributed by atoms with Gasteiger partial charge in [-0.1, -0.05) is 89.2 Å². The van der Waals surface area contributed by atoms with Crippen molar-refractivity contribution >= 4 is 16.6 Å². The van der Waals surface area contributed by atoms with Crippen molar-refractivity contribution in [1.82, 2.24) is 0 Å². The van der Waals surface area contributed by atoms with Gasteiger partial charge in [0.05, 0.1) is 48.3 Å². The van der Waals surface area contributed by atoms with Gasteiger partial charge in [0.25, 0.3) is 0 Å². The largest absolute Gasteiger partial charge is 0.416 e. The number of ether oxygens (including phenoxy) is 4. The molecule has 0 aliphatic carbocycles. The molecular weight excluding hydrogens is 649 g/mol. The molecule has 9 heteroatoms. The number of hydrogen-bond donors (Lipinski definition) is 1. The average Bonchev–Trinajstić information content (AvgIpc) is 3.24. The minimum absolute atomic E-state index is 0.0120. The molecule has 4 heterocycles. The van der Waals surface area contributed by atoms with Crippen molar-refractivity contribution in [2.75, 3.05) is 6.61 Å². The van der Waals surface area contributed by atoms with Gasteiger partial charge in [0.15, 0.2) is 8.32 Å². The Morgan fingerprint density at radius 2 is 1.33 bits per heavy atom. The Balaban J connectivity index is 1.57. The van der Waals surface area contributed by atoms with Crippen LogP contribution in [0.15, 0.2) is 12.7 Å². The van der Waals surface area contributed by atoms with Crippen molar-refractivity contribution in [1.29, 1.82) is 0 Å². The Hall–Kier alpha value is -0.106. The van der Waals surface area contributed by atoms with E-state index in [1.807, 2.05) is 0 Å². The second kappa shape index (κ2) is 16.9. The van der Waals surface area contributed by atoms with Gasteiger partial charge in [-0.25, -0.2) is 0 Å². The summed E-state index contributed by atoms with van der Waals surface area (Å²) in [5.74, 6) is 0. The Labute approximate surface area is 303 Å². The molecule has 49 heavy (non-hydrogen) atoms. The van der Waals surface area contributed by atoms with Gasteiger partial charge in [-0.15, -0.1) is 6.58 Å². The maximum atomic E-state index is 10.7. The highest BCUT2D eigenvalue weighted by atomic mass is 28.4. The highest BCUT2D eigenvalue weighted by molar-refractivity contribution is 6.78. The monoisotopic (exact) mass is 725 g/mol. The molecule has 0 aromatic rings. The maximum absolute atomic E-state index is 10.7. The fraction of sp³-hybridized carbons (Fsp3) is 0.950. The van der Waals surface area contributed by atoms with E-state index in [9.17, 15) is 5.11 Å². The second-order valence-electron chi connectivity index (χ2n) is 18.2. The van der Waals surface area contributed by atoms with Gasteiger partial charge in [-0.05, 0) is 78.7 Å². The van der Waals surface area contributed by atoms with E-state index in [1.54, 1.807) is 6.08 Å². The molecule has 0 bridgehead atoms. The average molecular weight is 725 g/mol. The van der Waals surface area contributed by atoms with Crippen LogP contribution >= 0.6 is 0 Å². The molecule has 0 aromatic carbocycles. The number of aliphatic hydroxyl groups is 1. The Bertz CT molecular complexity index is 1010. The molecule has 0 aromatic heterocycles. The lowest BCUT2D eigenvalue weighted by Crippen LogP contribution is -2.65. The smallest absolute Gasteiger partial charge is 0.200 e. The summed E-state index contributed by atoms with van der Waals surface area (Å²) in [6, 6.07) is 0. The van der Waals surface area contributed by atoms with E-state index in [1.165, 1.54) is 0 Å². The zero-order valence-corrected chi connectivity index (χ0v) is 35.7. The number of fused-ring (bicyclic) bond motifs is 3. The van der Waals surface area contributed by atoms with E-state index >= 15 is 0 Å². The van der Waals surface area contributed by atoms with Crippen molar-refractivity contribution in [3.05, 3.63) is 12.7 Å². The summed E-state index contributed by atoms with van der Waals surface area (Å²) >= 11 is 0. The SMILES string of the molecule is C=C[C@H]1O[C@H]2CC[C@@]3(C)O[C@H]4[C@@H](O[Si](C(C)C)(C(C)C)C(C)C)C[C@@H](CCCO[Si](C(C)C)(C(C)C)C(C)C)O[C@@H]4C[C@@H]3O[C@@H]2CC[C@@H]1O. The molecule has 4 saturated heterocycles. The van der Waals surface area contributed by atoms with Gasteiger partial charge in [-0.3, -0.25) is 0 Å². The highest BCUT2D eigenvalue weighted by Gasteiger charge is 2.57. The van der Waals surface area contributed by atoms with Crippen LogP contribution in [0.3, 0.4) is 0 Å². The van der Waals surface area contributed by atoms with E-state index in [0.29, 0.717) is 39.7 Å². The highest BCUT2D eigenvalue weighted by Crippen LogP contribution is 2.49. The van der Waals surface area contributed by atoms with Gasteiger partial charge in [-0.2, -0.15) is 0 Å². The van der Waals surface area contributed by atoms with Crippen LogP contribution in [0.4, 0.5) is 0 Å². The first-order chi connectivity index (χ1) is 22.9. The van der Waals surface area contributed by atoms with E-state index in [2.05, 4.69) is 96.6 Å². The predicted octanol–water partition coefficient (Wildman–Crippen LogP) is 9.87. The molecule has 0 radical (unpaired) electrons. The van der Waals surface area contributed by atoms with Crippen LogP contribution in [-0.4, -0.2) is 88.9 Å².